The van der Waals surface area contributed by atoms with Gasteiger partial charge in [0, 0.05) is 42.7 Å². The Morgan fingerprint density at radius 1 is 0.574 bits per heavy atom. The van der Waals surface area contributed by atoms with Gasteiger partial charge < -0.3 is 9.47 Å². The molecule has 0 bridgehead atoms. The zero-order valence-corrected chi connectivity index (χ0v) is 45.2. The monoisotopic (exact) mass is 987 g/mol. The van der Waals surface area contributed by atoms with Crippen molar-refractivity contribution in [2.75, 3.05) is 19.8 Å². The first-order valence-electron chi connectivity index (χ1n) is 26.0. The van der Waals surface area contributed by atoms with Crippen LogP contribution in [-0.2, 0) is 5.41 Å². The second kappa shape index (κ2) is 22.8. The fourth-order valence-electron chi connectivity index (χ4n) is 10.3. The summed E-state index contributed by atoms with van der Waals surface area (Å²) in [4.78, 5) is 36.3. The van der Waals surface area contributed by atoms with E-state index in [1.807, 2.05) is 11.3 Å². The van der Waals surface area contributed by atoms with E-state index in [0.717, 1.165) is 116 Å². The van der Waals surface area contributed by atoms with Gasteiger partial charge in [0.2, 0.25) is 0 Å². The van der Waals surface area contributed by atoms with Crippen LogP contribution >= 0.6 is 45.3 Å². The molecule has 68 heavy (non-hydrogen) atoms. The maximum atomic E-state index is 14.9. The molecule has 0 saturated carbocycles. The Morgan fingerprint density at radius 2 is 1.10 bits per heavy atom. The maximum absolute atomic E-state index is 14.9. The number of benzene rings is 3. The summed E-state index contributed by atoms with van der Waals surface area (Å²) in [7, 11) is 0. The van der Waals surface area contributed by atoms with Gasteiger partial charge in [-0.05, 0) is 66.7 Å². The number of thiophene rings is 4. The topological polar surface area (TPSA) is 55.8 Å². The van der Waals surface area contributed by atoms with Gasteiger partial charge in [-0.25, -0.2) is 0 Å². The highest BCUT2D eigenvalue weighted by Crippen LogP contribution is 2.58. The molecule has 0 spiro atoms. The Kier molecular flexibility index (Phi) is 16.9. The number of hydrogen-bond donors (Lipinski definition) is 0. The number of rotatable bonds is 26. The number of carbonyl (C=O) groups is 2. The van der Waals surface area contributed by atoms with Crippen LogP contribution in [0.2, 0.25) is 0 Å². The van der Waals surface area contributed by atoms with Crippen molar-refractivity contribution in [1.82, 2.24) is 4.90 Å². The Morgan fingerprint density at radius 3 is 1.65 bits per heavy atom. The van der Waals surface area contributed by atoms with Gasteiger partial charge in [-0.1, -0.05) is 180 Å². The Hall–Kier alpha value is -4.02. The largest absolute Gasteiger partial charge is 0.491 e. The molecule has 4 atom stereocenters. The average Bonchev–Trinajstić information content (AvgIpc) is 4.20. The quantitative estimate of drug-likeness (QED) is 0.0507. The zero-order chi connectivity index (χ0) is 48.0. The van der Waals surface area contributed by atoms with Crippen molar-refractivity contribution in [2.24, 2.45) is 17.8 Å². The summed E-state index contributed by atoms with van der Waals surface area (Å²) >= 11 is 6.97. The summed E-state index contributed by atoms with van der Waals surface area (Å²) in [6.45, 7) is 19.9. The molecular weight excluding hydrogens is 915 g/mol. The number of hydrogen-bond acceptors (Lipinski definition) is 8. The van der Waals surface area contributed by atoms with E-state index in [0.29, 0.717) is 48.0 Å². The molecule has 1 aliphatic heterocycles. The van der Waals surface area contributed by atoms with Crippen LogP contribution in [-0.4, -0.2) is 36.5 Å². The molecule has 0 N–H and O–H groups in total. The van der Waals surface area contributed by atoms with Crippen LogP contribution in [0.3, 0.4) is 0 Å². The van der Waals surface area contributed by atoms with Gasteiger partial charge >= 0.3 is 0 Å². The van der Waals surface area contributed by atoms with Crippen LogP contribution in [0.5, 0.6) is 11.5 Å². The van der Waals surface area contributed by atoms with E-state index in [9.17, 15) is 9.59 Å². The molecule has 5 nitrogen and oxygen atoms in total. The smallest absolute Gasteiger partial charge is 0.271 e. The lowest BCUT2D eigenvalue weighted by Crippen LogP contribution is -2.34. The summed E-state index contributed by atoms with van der Waals surface area (Å²) in [6.07, 6.45) is 15.2. The molecule has 0 fully saturated rings. The number of unbranched alkanes of at least 4 members (excludes halogenated alkanes) is 3. The van der Waals surface area contributed by atoms with Crippen molar-refractivity contribution in [1.29, 1.82) is 0 Å². The average molecular weight is 989 g/mol. The van der Waals surface area contributed by atoms with Crippen LogP contribution in [0.1, 0.15) is 176 Å². The van der Waals surface area contributed by atoms with Crippen LogP contribution in [0.25, 0.3) is 50.5 Å². The standard InChI is InChI=1S/C59H73NO4S4/c1-9-16-25-38(13-5)35-60-57(61)48-47-54(67-55(48)58(60)62)53(68-56(47)59(8,32-12-4)42-30-23-20-24-31-42)46-34-44-50(64-37-40(15-7)27-18-11-3)51-43(33-45(65-51)41-28-21-19-22-29-41)49(52(44)66-46)63-36-39(14-6)26-17-10-2/h19-24,28-31,33-34,38-40H,9-18,25-27,32,35-37H2,1-8H3. The lowest BCUT2D eigenvalue weighted by molar-refractivity contribution is 0.0626. The van der Waals surface area contributed by atoms with Crippen LogP contribution in [0.15, 0.2) is 72.8 Å². The maximum Gasteiger partial charge on any atom is 0.271 e. The van der Waals surface area contributed by atoms with Crippen LogP contribution < -0.4 is 9.47 Å². The number of nitrogens with zero attached hydrogens (tertiary/aromatic N) is 1. The molecule has 9 heteroatoms. The Labute approximate surface area is 422 Å². The van der Waals surface area contributed by atoms with E-state index in [4.69, 9.17) is 9.47 Å². The molecular formula is C59H73NO4S4. The van der Waals surface area contributed by atoms with Crippen molar-refractivity contribution in [3.05, 3.63) is 93.7 Å². The second-order valence-corrected chi connectivity index (χ2v) is 23.7. The minimum atomic E-state index is -0.382. The Bertz CT molecular complexity index is 2720. The first-order valence-corrected chi connectivity index (χ1v) is 29.3. The number of ether oxygens (including phenoxy) is 2. The number of fused-ring (bicyclic) bond motifs is 5. The third-order valence-corrected chi connectivity index (χ3v) is 20.0. The highest BCUT2D eigenvalue weighted by atomic mass is 32.1. The third kappa shape index (κ3) is 9.98. The van der Waals surface area contributed by atoms with Crippen LogP contribution in [0, 0.1) is 17.8 Å². The van der Waals surface area contributed by atoms with Gasteiger partial charge in [-0.2, -0.15) is 0 Å². The molecule has 5 heterocycles. The molecule has 4 unspecified atom stereocenters. The van der Waals surface area contributed by atoms with Gasteiger partial charge in [-0.15, -0.1) is 45.3 Å². The van der Waals surface area contributed by atoms with E-state index >= 15 is 0 Å². The highest BCUT2D eigenvalue weighted by molar-refractivity contribution is 7.32. The van der Waals surface area contributed by atoms with E-state index in [1.165, 1.54) is 46.6 Å². The fraction of sp³-hybridized carbons (Fsp3) is 0.492. The SMILES string of the molecule is CCCCC(CC)COc1c2cc(-c3sc(C(C)(CCC)c4ccccc4)c4c5c(sc34)C(=O)N(CC(CC)CCCC)C5=O)sc2c(OCC(CC)CCCC)c2cc(-c3ccccc3)sc12. The molecule has 0 radical (unpaired) electrons. The number of amides is 2. The van der Waals surface area contributed by atoms with Crippen molar-refractivity contribution < 1.29 is 19.1 Å². The first kappa shape index (κ1) is 50.4. The first-order chi connectivity index (χ1) is 33.1. The second-order valence-electron chi connectivity index (χ2n) is 19.5. The molecule has 7 aromatic rings. The van der Waals surface area contributed by atoms with Gasteiger partial charge in [0.1, 0.15) is 16.4 Å². The molecule has 8 rings (SSSR count). The van der Waals surface area contributed by atoms with Crippen molar-refractivity contribution in [2.45, 2.75) is 151 Å². The molecule has 3 aromatic carbocycles. The Balaban J connectivity index is 1.36. The summed E-state index contributed by atoms with van der Waals surface area (Å²) in [5.74, 6) is 2.86. The van der Waals surface area contributed by atoms with Gasteiger partial charge in [-0.3, -0.25) is 14.5 Å². The minimum Gasteiger partial charge on any atom is -0.491 e. The fourth-order valence-corrected chi connectivity index (χ4v) is 15.8. The van der Waals surface area contributed by atoms with Crippen LogP contribution in [0.4, 0.5) is 0 Å². The van der Waals surface area contributed by atoms with E-state index in [2.05, 4.69) is 128 Å². The van der Waals surface area contributed by atoms with E-state index < -0.39 is 0 Å². The lowest BCUT2D eigenvalue weighted by Gasteiger charge is -2.30. The van der Waals surface area contributed by atoms with Gasteiger partial charge in [0.05, 0.1) is 37.8 Å². The summed E-state index contributed by atoms with van der Waals surface area (Å²) < 4.78 is 17.7. The summed E-state index contributed by atoms with van der Waals surface area (Å²) in [6, 6.07) is 26.2. The van der Waals surface area contributed by atoms with Crippen molar-refractivity contribution >= 4 is 87.4 Å². The molecule has 0 saturated heterocycles. The number of imide groups is 1. The number of carbonyl (C=O) groups excluding carboxylic acids is 2. The predicted octanol–water partition coefficient (Wildman–Crippen LogP) is 18.8. The summed E-state index contributed by atoms with van der Waals surface area (Å²) in [5.41, 5.74) is 2.66. The summed E-state index contributed by atoms with van der Waals surface area (Å²) in [5, 5.41) is 3.18. The molecule has 4 aromatic heterocycles. The van der Waals surface area contributed by atoms with Gasteiger partial charge in [0.25, 0.3) is 11.8 Å². The normalized spacial score (nSPS) is 15.1. The lowest BCUT2D eigenvalue weighted by atomic mass is 9.76. The third-order valence-electron chi connectivity index (χ3n) is 14.8. The highest BCUT2D eigenvalue weighted by Gasteiger charge is 2.44. The van der Waals surface area contributed by atoms with Gasteiger partial charge in [0.15, 0.2) is 0 Å². The zero-order valence-electron chi connectivity index (χ0n) is 41.9. The molecule has 1 aliphatic rings. The molecule has 0 aliphatic carbocycles. The van der Waals surface area contributed by atoms with Crippen molar-refractivity contribution in [3.8, 4) is 31.7 Å². The predicted molar refractivity (Wildman–Crippen MR) is 295 cm³/mol. The van der Waals surface area contributed by atoms with E-state index in [-0.39, 0.29) is 17.2 Å². The molecule has 2 amide bonds. The van der Waals surface area contributed by atoms with Crippen molar-refractivity contribution in [3.63, 3.8) is 0 Å². The molecule has 362 valence electrons. The van der Waals surface area contributed by atoms with E-state index in [1.54, 1.807) is 38.9 Å². The minimum absolute atomic E-state index is 0.122.